The van der Waals surface area contributed by atoms with Crippen LogP contribution in [0.5, 0.6) is 5.75 Å². The number of hydrogen-bond acceptors (Lipinski definition) is 3. The zero-order valence-corrected chi connectivity index (χ0v) is 11.8. The van der Waals surface area contributed by atoms with E-state index in [2.05, 4.69) is 4.74 Å². The molecule has 1 aromatic rings. The summed E-state index contributed by atoms with van der Waals surface area (Å²) in [4.78, 5) is 0. The third-order valence-electron chi connectivity index (χ3n) is 2.64. The molecule has 7 heteroatoms. The first kappa shape index (κ1) is 17.1. The minimum atomic E-state index is -4.64. The van der Waals surface area contributed by atoms with Crippen LogP contribution in [0.3, 0.4) is 0 Å². The van der Waals surface area contributed by atoms with Gasteiger partial charge in [0.05, 0.1) is 6.61 Å². The Morgan fingerprint density at radius 2 is 2.00 bits per heavy atom. The number of halogens is 4. The summed E-state index contributed by atoms with van der Waals surface area (Å²) in [5.74, 6) is 0.476. The van der Waals surface area contributed by atoms with Crippen molar-refractivity contribution in [3.05, 3.63) is 28.8 Å². The van der Waals surface area contributed by atoms with E-state index in [4.69, 9.17) is 22.1 Å². The number of benzene rings is 1. The zero-order valence-electron chi connectivity index (χ0n) is 11.0. The Hall–Kier alpha value is -0.980. The van der Waals surface area contributed by atoms with E-state index in [9.17, 15) is 13.2 Å². The van der Waals surface area contributed by atoms with Gasteiger partial charge in [-0.2, -0.15) is 0 Å². The third kappa shape index (κ3) is 6.45. The van der Waals surface area contributed by atoms with Crippen LogP contribution in [0.4, 0.5) is 13.2 Å². The topological polar surface area (TPSA) is 44.5 Å². The van der Waals surface area contributed by atoms with Gasteiger partial charge in [-0.05, 0) is 36.6 Å². The average Bonchev–Trinajstić information content (AvgIpc) is 2.35. The molecule has 3 nitrogen and oxygen atoms in total. The number of rotatable bonds is 7. The molecule has 2 N–H and O–H groups in total. The van der Waals surface area contributed by atoms with Gasteiger partial charge in [-0.3, -0.25) is 4.74 Å². The van der Waals surface area contributed by atoms with Crippen LogP contribution in [-0.2, 0) is 11.2 Å². The quantitative estimate of drug-likeness (QED) is 0.783. The van der Waals surface area contributed by atoms with Crippen LogP contribution in [0.2, 0.25) is 5.02 Å². The van der Waals surface area contributed by atoms with E-state index < -0.39 is 13.0 Å². The molecule has 0 aliphatic heterocycles. The van der Waals surface area contributed by atoms with Crippen LogP contribution < -0.4 is 10.5 Å². The number of ether oxygens (including phenoxy) is 2. The Bertz CT molecular complexity index is 427. The molecule has 1 atom stereocenters. The molecule has 0 amide bonds. The van der Waals surface area contributed by atoms with Crippen molar-refractivity contribution in [1.82, 2.24) is 0 Å². The maximum atomic E-state index is 11.8. The first-order chi connectivity index (χ1) is 9.31. The van der Waals surface area contributed by atoms with Gasteiger partial charge >= 0.3 is 6.36 Å². The Labute approximate surface area is 120 Å². The van der Waals surface area contributed by atoms with Crippen LogP contribution in [-0.4, -0.2) is 25.6 Å². The highest BCUT2D eigenvalue weighted by molar-refractivity contribution is 6.30. The molecule has 0 heterocycles. The van der Waals surface area contributed by atoms with Crippen molar-refractivity contribution in [2.24, 2.45) is 5.73 Å². The van der Waals surface area contributed by atoms with Gasteiger partial charge in [0.15, 0.2) is 0 Å². The van der Waals surface area contributed by atoms with Crippen LogP contribution in [0.1, 0.15) is 18.9 Å². The van der Waals surface area contributed by atoms with Gasteiger partial charge in [0.2, 0.25) is 0 Å². The standard InChI is InChI=1S/C13H17ClF3NO2/c1-2-11(18)8-9-7-10(14)3-4-12(9)19-5-6-20-13(15,16)17/h3-4,7,11H,2,5-6,8,18H2,1H3. The lowest BCUT2D eigenvalue weighted by atomic mass is 10.0. The van der Waals surface area contributed by atoms with E-state index in [0.717, 1.165) is 12.0 Å². The predicted octanol–water partition coefficient (Wildman–Crippen LogP) is 3.54. The molecule has 0 saturated heterocycles. The summed E-state index contributed by atoms with van der Waals surface area (Å²) in [6.07, 6.45) is -3.31. The number of hydrogen-bond donors (Lipinski definition) is 1. The maximum absolute atomic E-state index is 11.8. The van der Waals surface area contributed by atoms with Crippen LogP contribution in [0, 0.1) is 0 Å². The van der Waals surface area contributed by atoms with Crippen LogP contribution in [0.25, 0.3) is 0 Å². The van der Waals surface area contributed by atoms with Crippen LogP contribution in [0.15, 0.2) is 18.2 Å². The number of alkyl halides is 3. The van der Waals surface area contributed by atoms with Gasteiger partial charge in [-0.1, -0.05) is 18.5 Å². The fraction of sp³-hybridized carbons (Fsp3) is 0.538. The molecule has 0 aliphatic rings. The Kier molecular flexibility index (Phi) is 6.58. The summed E-state index contributed by atoms with van der Waals surface area (Å²) in [6.45, 7) is 1.19. The fourth-order valence-electron chi connectivity index (χ4n) is 1.58. The van der Waals surface area contributed by atoms with E-state index in [1.165, 1.54) is 0 Å². The highest BCUT2D eigenvalue weighted by Crippen LogP contribution is 2.24. The second-order valence-corrected chi connectivity index (χ2v) is 4.70. The van der Waals surface area contributed by atoms with E-state index >= 15 is 0 Å². The van der Waals surface area contributed by atoms with Crippen LogP contribution >= 0.6 is 11.6 Å². The van der Waals surface area contributed by atoms with Crippen molar-refractivity contribution >= 4 is 11.6 Å². The Morgan fingerprint density at radius 3 is 2.60 bits per heavy atom. The van der Waals surface area contributed by atoms with Gasteiger partial charge in [0, 0.05) is 11.1 Å². The Balaban J connectivity index is 2.60. The molecule has 0 bridgehead atoms. The summed E-state index contributed by atoms with van der Waals surface area (Å²) in [6, 6.07) is 4.88. The van der Waals surface area contributed by atoms with E-state index in [0.29, 0.717) is 17.2 Å². The highest BCUT2D eigenvalue weighted by atomic mass is 35.5. The first-order valence-electron chi connectivity index (χ1n) is 6.19. The molecular formula is C13H17ClF3NO2. The summed E-state index contributed by atoms with van der Waals surface area (Å²) in [5.41, 5.74) is 6.64. The Morgan fingerprint density at radius 1 is 1.30 bits per heavy atom. The third-order valence-corrected chi connectivity index (χ3v) is 2.87. The van der Waals surface area contributed by atoms with Crippen molar-refractivity contribution in [1.29, 1.82) is 0 Å². The number of nitrogens with two attached hydrogens (primary N) is 1. The summed E-state index contributed by atoms with van der Waals surface area (Å²) >= 11 is 5.89. The van der Waals surface area contributed by atoms with Crippen molar-refractivity contribution in [2.45, 2.75) is 32.2 Å². The monoisotopic (exact) mass is 311 g/mol. The lowest BCUT2D eigenvalue weighted by Gasteiger charge is -2.15. The fourth-order valence-corrected chi connectivity index (χ4v) is 1.78. The molecule has 1 unspecified atom stereocenters. The molecule has 0 radical (unpaired) electrons. The molecule has 0 aliphatic carbocycles. The molecule has 1 aromatic carbocycles. The SMILES string of the molecule is CCC(N)Cc1cc(Cl)ccc1OCCOC(F)(F)F. The largest absolute Gasteiger partial charge is 0.522 e. The minimum absolute atomic E-state index is 0.0535. The normalized spacial score (nSPS) is 13.3. The summed E-state index contributed by atoms with van der Waals surface area (Å²) < 4.78 is 44.4. The van der Waals surface area contributed by atoms with Gasteiger partial charge in [0.1, 0.15) is 12.4 Å². The van der Waals surface area contributed by atoms with Gasteiger partial charge < -0.3 is 10.5 Å². The summed E-state index contributed by atoms with van der Waals surface area (Å²) in [5, 5.41) is 0.530. The van der Waals surface area contributed by atoms with E-state index in [1.807, 2.05) is 6.92 Å². The minimum Gasteiger partial charge on any atom is -0.491 e. The molecule has 0 fully saturated rings. The smallest absolute Gasteiger partial charge is 0.491 e. The van der Waals surface area contributed by atoms with Crippen molar-refractivity contribution < 1.29 is 22.6 Å². The van der Waals surface area contributed by atoms with Crippen molar-refractivity contribution in [2.75, 3.05) is 13.2 Å². The van der Waals surface area contributed by atoms with E-state index in [1.54, 1.807) is 18.2 Å². The molecule has 0 aromatic heterocycles. The van der Waals surface area contributed by atoms with Crippen molar-refractivity contribution in [3.63, 3.8) is 0 Å². The predicted molar refractivity (Wildman–Crippen MR) is 70.9 cm³/mol. The molecule has 0 saturated carbocycles. The lowest BCUT2D eigenvalue weighted by molar-refractivity contribution is -0.325. The first-order valence-corrected chi connectivity index (χ1v) is 6.57. The van der Waals surface area contributed by atoms with Gasteiger partial charge in [-0.25, -0.2) is 0 Å². The highest BCUT2D eigenvalue weighted by Gasteiger charge is 2.28. The molecule has 20 heavy (non-hydrogen) atoms. The second kappa shape index (κ2) is 7.71. The molecule has 0 spiro atoms. The van der Waals surface area contributed by atoms with Gasteiger partial charge in [-0.15, -0.1) is 13.2 Å². The molecular weight excluding hydrogens is 295 g/mol. The van der Waals surface area contributed by atoms with E-state index in [-0.39, 0.29) is 12.6 Å². The molecule has 114 valence electrons. The maximum Gasteiger partial charge on any atom is 0.522 e. The van der Waals surface area contributed by atoms with Gasteiger partial charge in [0.25, 0.3) is 0 Å². The lowest BCUT2D eigenvalue weighted by Crippen LogP contribution is -2.22. The van der Waals surface area contributed by atoms with Crippen molar-refractivity contribution in [3.8, 4) is 5.75 Å². The summed E-state index contributed by atoms with van der Waals surface area (Å²) in [7, 11) is 0. The average molecular weight is 312 g/mol. The molecule has 1 rings (SSSR count). The zero-order chi connectivity index (χ0) is 15.2. The second-order valence-electron chi connectivity index (χ2n) is 4.27.